The predicted molar refractivity (Wildman–Crippen MR) is 104 cm³/mol. The molecule has 24 heavy (non-hydrogen) atoms. The van der Waals surface area contributed by atoms with Gasteiger partial charge in [0.15, 0.2) is 0 Å². The molecule has 140 valence electrons. The molecule has 2 atom stereocenters. The third kappa shape index (κ3) is 20.6. The van der Waals surface area contributed by atoms with E-state index in [9.17, 15) is 9.90 Å². The fraction of sp³-hybridized carbons (Fsp3) is 0.667. The average molecular weight is 339 g/mol. The van der Waals surface area contributed by atoms with E-state index in [2.05, 4.69) is 58.1 Å². The first-order valence-corrected chi connectivity index (χ1v) is 8.82. The van der Waals surface area contributed by atoms with Crippen LogP contribution in [0.4, 0.5) is 0 Å². The van der Waals surface area contributed by atoms with E-state index in [1.165, 1.54) is 17.6 Å². The van der Waals surface area contributed by atoms with Crippen LogP contribution in [0.1, 0.15) is 73.6 Å². The number of allylic oxidation sites excluding steroid dienone is 4. The highest BCUT2D eigenvalue weighted by Crippen LogP contribution is 2.13. The maximum atomic E-state index is 9.86. The van der Waals surface area contributed by atoms with Crippen molar-refractivity contribution in [3.05, 3.63) is 36.0 Å². The third-order valence-corrected chi connectivity index (χ3v) is 3.65. The van der Waals surface area contributed by atoms with Crippen molar-refractivity contribution in [3.63, 3.8) is 0 Å². The standard InChI is InChI=1S/C11H20O2.C10H18O/c1-10(2)5-4-6-11(3)7-8-13-9-12;1-5-10(4,11)8-6-7-9(2)3/h5,9,11H,4,6-8H2,1-3H3;5,7,11H,1,6,8H2,2-4H3. The van der Waals surface area contributed by atoms with Gasteiger partial charge in [-0.05, 0) is 72.6 Å². The molecule has 2 unspecified atom stereocenters. The van der Waals surface area contributed by atoms with Gasteiger partial charge in [0.2, 0.25) is 0 Å². The van der Waals surface area contributed by atoms with Crippen molar-refractivity contribution in [3.8, 4) is 0 Å². The largest absolute Gasteiger partial charge is 0.468 e. The van der Waals surface area contributed by atoms with E-state index >= 15 is 0 Å². The molecule has 1 N–H and O–H groups in total. The molecule has 0 aromatic carbocycles. The Balaban J connectivity index is 0. The highest BCUT2D eigenvalue weighted by Gasteiger charge is 2.12. The fourth-order valence-electron chi connectivity index (χ4n) is 1.87. The number of carbonyl (C=O) groups is 1. The van der Waals surface area contributed by atoms with Crippen LogP contribution in [0.15, 0.2) is 36.0 Å². The van der Waals surface area contributed by atoms with Crippen molar-refractivity contribution in [1.82, 2.24) is 0 Å². The zero-order chi connectivity index (χ0) is 19.0. The summed E-state index contributed by atoms with van der Waals surface area (Å²) in [7, 11) is 0. The van der Waals surface area contributed by atoms with Gasteiger partial charge >= 0.3 is 0 Å². The number of aliphatic hydroxyl groups is 1. The zero-order valence-corrected chi connectivity index (χ0v) is 16.6. The van der Waals surface area contributed by atoms with E-state index in [1.54, 1.807) is 13.0 Å². The third-order valence-electron chi connectivity index (χ3n) is 3.65. The molecule has 0 saturated heterocycles. The molecule has 0 aliphatic carbocycles. The average Bonchev–Trinajstić information content (AvgIpc) is 2.47. The Labute approximate surface area is 149 Å². The van der Waals surface area contributed by atoms with Crippen molar-refractivity contribution < 1.29 is 14.6 Å². The smallest absolute Gasteiger partial charge is 0.293 e. The Morgan fingerprint density at radius 1 is 1.12 bits per heavy atom. The van der Waals surface area contributed by atoms with Gasteiger partial charge in [0.25, 0.3) is 6.47 Å². The molecule has 0 spiro atoms. The van der Waals surface area contributed by atoms with Gasteiger partial charge in [-0.3, -0.25) is 4.79 Å². The lowest BCUT2D eigenvalue weighted by molar-refractivity contribution is -0.129. The highest BCUT2D eigenvalue weighted by molar-refractivity contribution is 5.36. The molecule has 0 saturated carbocycles. The first kappa shape index (κ1) is 24.9. The molecule has 0 bridgehead atoms. The molecule has 3 nitrogen and oxygen atoms in total. The zero-order valence-electron chi connectivity index (χ0n) is 16.6. The van der Waals surface area contributed by atoms with E-state index in [1.807, 2.05) is 0 Å². The van der Waals surface area contributed by atoms with Gasteiger partial charge in [-0.15, -0.1) is 6.58 Å². The Morgan fingerprint density at radius 2 is 1.67 bits per heavy atom. The Hall–Kier alpha value is -1.35. The van der Waals surface area contributed by atoms with E-state index in [0.717, 1.165) is 25.7 Å². The van der Waals surface area contributed by atoms with Gasteiger partial charge in [-0.25, -0.2) is 0 Å². The summed E-state index contributed by atoms with van der Waals surface area (Å²) in [6, 6.07) is 0. The minimum Gasteiger partial charge on any atom is -0.468 e. The fourth-order valence-corrected chi connectivity index (χ4v) is 1.87. The van der Waals surface area contributed by atoms with Gasteiger partial charge in [-0.1, -0.05) is 36.3 Å². The SMILES string of the molecule is C=CC(C)(O)CCC=C(C)C.CC(C)=CCCC(C)CCOC=O. The molecule has 0 aliphatic heterocycles. The monoisotopic (exact) mass is 338 g/mol. The summed E-state index contributed by atoms with van der Waals surface area (Å²) in [6.45, 7) is 16.9. The Kier molecular flexibility index (Phi) is 15.8. The first-order valence-electron chi connectivity index (χ1n) is 8.82. The van der Waals surface area contributed by atoms with Gasteiger partial charge in [0.05, 0.1) is 12.2 Å². The molecule has 0 rings (SSSR count). The van der Waals surface area contributed by atoms with Gasteiger partial charge in [0, 0.05) is 0 Å². The molecule has 3 heteroatoms. The summed E-state index contributed by atoms with van der Waals surface area (Å²) in [5.41, 5.74) is 1.97. The Bertz CT molecular complexity index is 384. The summed E-state index contributed by atoms with van der Waals surface area (Å²) in [6.07, 6.45) is 10.9. The quantitative estimate of drug-likeness (QED) is 0.303. The van der Waals surface area contributed by atoms with Crippen LogP contribution in [0.2, 0.25) is 0 Å². The molecule has 0 amide bonds. The molecule has 0 fully saturated rings. The topological polar surface area (TPSA) is 46.5 Å². The van der Waals surface area contributed by atoms with Crippen LogP contribution < -0.4 is 0 Å². The van der Waals surface area contributed by atoms with Crippen molar-refractivity contribution in [2.24, 2.45) is 5.92 Å². The number of hydrogen-bond donors (Lipinski definition) is 1. The lowest BCUT2D eigenvalue weighted by Gasteiger charge is -2.16. The first-order chi connectivity index (χ1) is 11.1. The maximum absolute atomic E-state index is 9.86. The molecular weight excluding hydrogens is 300 g/mol. The highest BCUT2D eigenvalue weighted by atomic mass is 16.5. The minimum absolute atomic E-state index is 0.517. The summed E-state index contributed by atoms with van der Waals surface area (Å²) in [4.78, 5) is 9.86. The van der Waals surface area contributed by atoms with E-state index < -0.39 is 5.60 Å². The maximum Gasteiger partial charge on any atom is 0.293 e. The number of carbonyl (C=O) groups excluding carboxylic acids is 1. The molecule has 0 aromatic heterocycles. The summed E-state index contributed by atoms with van der Waals surface area (Å²) in [5.74, 6) is 0.635. The molecule has 0 aromatic rings. The van der Waals surface area contributed by atoms with Crippen molar-refractivity contribution in [2.75, 3.05) is 6.61 Å². The summed E-state index contributed by atoms with van der Waals surface area (Å²) < 4.78 is 4.64. The predicted octanol–water partition coefficient (Wildman–Crippen LogP) is 5.60. The van der Waals surface area contributed by atoms with Crippen molar-refractivity contribution in [1.29, 1.82) is 0 Å². The van der Waals surface area contributed by atoms with E-state index in [4.69, 9.17) is 0 Å². The van der Waals surface area contributed by atoms with Crippen LogP contribution in [-0.4, -0.2) is 23.8 Å². The van der Waals surface area contributed by atoms with Gasteiger partial charge in [-0.2, -0.15) is 0 Å². The number of rotatable bonds is 11. The second-order valence-electron chi connectivity index (χ2n) is 7.10. The lowest BCUT2D eigenvalue weighted by Crippen LogP contribution is -2.19. The van der Waals surface area contributed by atoms with Crippen LogP contribution in [-0.2, 0) is 9.53 Å². The van der Waals surface area contributed by atoms with Crippen LogP contribution in [0.5, 0.6) is 0 Å². The molecule has 0 aliphatic rings. The normalized spacial score (nSPS) is 13.5. The molecule has 0 heterocycles. The van der Waals surface area contributed by atoms with Crippen molar-refractivity contribution in [2.45, 2.75) is 79.2 Å². The van der Waals surface area contributed by atoms with Crippen LogP contribution in [0, 0.1) is 5.92 Å². The van der Waals surface area contributed by atoms with E-state index in [0.29, 0.717) is 19.0 Å². The summed E-state index contributed by atoms with van der Waals surface area (Å²) >= 11 is 0. The Morgan fingerprint density at radius 3 is 2.12 bits per heavy atom. The second-order valence-corrected chi connectivity index (χ2v) is 7.10. The van der Waals surface area contributed by atoms with Crippen LogP contribution in [0.25, 0.3) is 0 Å². The van der Waals surface area contributed by atoms with E-state index in [-0.39, 0.29) is 0 Å². The summed E-state index contributed by atoms with van der Waals surface area (Å²) in [5, 5.41) is 9.49. The lowest BCUT2D eigenvalue weighted by atomic mass is 10.00. The second kappa shape index (κ2) is 15.2. The van der Waals surface area contributed by atoms with Gasteiger partial charge in [0.1, 0.15) is 0 Å². The van der Waals surface area contributed by atoms with Crippen molar-refractivity contribution >= 4 is 6.47 Å². The molecule has 0 radical (unpaired) electrons. The number of ether oxygens (including phenoxy) is 1. The minimum atomic E-state index is -0.702. The van der Waals surface area contributed by atoms with Crippen LogP contribution in [0.3, 0.4) is 0 Å². The van der Waals surface area contributed by atoms with Crippen LogP contribution >= 0.6 is 0 Å². The number of hydrogen-bond acceptors (Lipinski definition) is 3. The van der Waals surface area contributed by atoms with Gasteiger partial charge < -0.3 is 9.84 Å². The molecular formula is C21H38O3.